The van der Waals surface area contributed by atoms with Gasteiger partial charge in [-0.1, -0.05) is 0 Å². The van der Waals surface area contributed by atoms with Crippen molar-refractivity contribution in [2.24, 2.45) is 5.92 Å². The molecule has 0 aliphatic heterocycles. The first kappa shape index (κ1) is 15.2. The highest BCUT2D eigenvalue weighted by Crippen LogP contribution is 2.35. The van der Waals surface area contributed by atoms with Crippen molar-refractivity contribution in [1.29, 1.82) is 0 Å². The summed E-state index contributed by atoms with van der Waals surface area (Å²) in [6.07, 6.45) is 2.27. The quantitative estimate of drug-likeness (QED) is 0.455. The SMILES string of the molecule is COC(=O)c1ccc([N+](=O)[O-])c(N(CC2CC2)C(C)C)n1. The first-order chi connectivity index (χ1) is 9.93. The van der Waals surface area contributed by atoms with Crippen molar-refractivity contribution < 1.29 is 14.5 Å². The van der Waals surface area contributed by atoms with E-state index >= 15 is 0 Å². The Kier molecular flexibility index (Phi) is 4.40. The lowest BCUT2D eigenvalue weighted by atomic mass is 10.2. The lowest BCUT2D eigenvalue weighted by Crippen LogP contribution is -2.34. The predicted molar refractivity (Wildman–Crippen MR) is 77.4 cm³/mol. The van der Waals surface area contributed by atoms with Crippen molar-refractivity contribution in [1.82, 2.24) is 4.98 Å². The molecule has 21 heavy (non-hydrogen) atoms. The van der Waals surface area contributed by atoms with Gasteiger partial charge < -0.3 is 9.64 Å². The number of nitro groups is 1. The minimum absolute atomic E-state index is 0.0599. The number of carbonyl (C=O) groups excluding carboxylic acids is 1. The number of pyridine rings is 1. The summed E-state index contributed by atoms with van der Waals surface area (Å²) in [4.78, 5) is 28.4. The third-order valence-corrected chi connectivity index (χ3v) is 3.49. The van der Waals surface area contributed by atoms with Crippen LogP contribution in [-0.4, -0.2) is 35.6 Å². The van der Waals surface area contributed by atoms with Gasteiger partial charge in [0.2, 0.25) is 5.82 Å². The van der Waals surface area contributed by atoms with Crippen LogP contribution in [0.2, 0.25) is 0 Å². The van der Waals surface area contributed by atoms with Crippen LogP contribution in [0.15, 0.2) is 12.1 Å². The summed E-state index contributed by atoms with van der Waals surface area (Å²) in [5.41, 5.74) is -0.00319. The predicted octanol–water partition coefficient (Wildman–Crippen LogP) is 2.40. The molecular weight excluding hydrogens is 274 g/mol. The Morgan fingerprint density at radius 2 is 2.19 bits per heavy atom. The molecule has 1 aromatic heterocycles. The van der Waals surface area contributed by atoms with Gasteiger partial charge in [0, 0.05) is 18.7 Å². The molecule has 7 heteroatoms. The van der Waals surface area contributed by atoms with Gasteiger partial charge in [0.1, 0.15) is 0 Å². The number of hydrogen-bond acceptors (Lipinski definition) is 6. The van der Waals surface area contributed by atoms with Crippen LogP contribution >= 0.6 is 0 Å². The highest BCUT2D eigenvalue weighted by Gasteiger charge is 2.31. The molecule has 0 atom stereocenters. The van der Waals surface area contributed by atoms with Crippen molar-refractivity contribution in [3.8, 4) is 0 Å². The van der Waals surface area contributed by atoms with Gasteiger partial charge >= 0.3 is 11.7 Å². The number of esters is 1. The molecule has 0 radical (unpaired) electrons. The van der Waals surface area contributed by atoms with E-state index in [9.17, 15) is 14.9 Å². The van der Waals surface area contributed by atoms with E-state index in [2.05, 4.69) is 9.72 Å². The molecule has 0 bridgehead atoms. The van der Waals surface area contributed by atoms with Crippen LogP contribution in [0.3, 0.4) is 0 Å². The average molecular weight is 293 g/mol. The Hall–Kier alpha value is -2.18. The third-order valence-electron chi connectivity index (χ3n) is 3.49. The summed E-state index contributed by atoms with van der Waals surface area (Å²) in [5, 5.41) is 11.2. The number of rotatable bonds is 6. The van der Waals surface area contributed by atoms with Crippen molar-refractivity contribution in [2.45, 2.75) is 32.7 Å². The van der Waals surface area contributed by atoms with Gasteiger partial charge in [-0.05, 0) is 38.7 Å². The standard InChI is InChI=1S/C14H19N3O4/c1-9(2)16(8-10-4-5-10)13-12(17(19)20)7-6-11(15-13)14(18)21-3/h6-7,9-10H,4-5,8H2,1-3H3. The highest BCUT2D eigenvalue weighted by molar-refractivity contribution is 5.88. The normalized spacial score (nSPS) is 14.1. The van der Waals surface area contributed by atoms with Gasteiger partial charge in [0.05, 0.1) is 12.0 Å². The van der Waals surface area contributed by atoms with Crippen molar-refractivity contribution in [3.63, 3.8) is 0 Å². The maximum absolute atomic E-state index is 11.6. The monoisotopic (exact) mass is 293 g/mol. The largest absolute Gasteiger partial charge is 0.464 e. The average Bonchev–Trinajstić information content (AvgIpc) is 3.26. The highest BCUT2D eigenvalue weighted by atomic mass is 16.6. The molecular formula is C14H19N3O4. The molecule has 0 N–H and O–H groups in total. The van der Waals surface area contributed by atoms with E-state index in [0.717, 1.165) is 19.4 Å². The van der Waals surface area contributed by atoms with Crippen LogP contribution in [0.25, 0.3) is 0 Å². The molecule has 1 fully saturated rings. The number of anilines is 1. The first-order valence-corrected chi connectivity index (χ1v) is 6.94. The molecule has 0 unspecified atom stereocenters. The lowest BCUT2D eigenvalue weighted by molar-refractivity contribution is -0.384. The summed E-state index contributed by atoms with van der Waals surface area (Å²) < 4.78 is 4.64. The van der Waals surface area contributed by atoms with Crippen molar-refractivity contribution in [2.75, 3.05) is 18.6 Å². The molecule has 114 valence electrons. The number of aromatic nitrogens is 1. The molecule has 1 heterocycles. The second-order valence-electron chi connectivity index (χ2n) is 5.48. The van der Waals surface area contributed by atoms with Gasteiger partial charge in [-0.2, -0.15) is 0 Å². The fourth-order valence-electron chi connectivity index (χ4n) is 2.13. The minimum atomic E-state index is -0.596. The molecule has 0 spiro atoms. The van der Waals surface area contributed by atoms with Crippen LogP contribution in [0.5, 0.6) is 0 Å². The molecule has 0 saturated heterocycles. The summed E-state index contributed by atoms with van der Waals surface area (Å²) in [7, 11) is 1.26. The molecule has 0 amide bonds. The van der Waals surface area contributed by atoms with Crippen LogP contribution in [0.4, 0.5) is 11.5 Å². The topological polar surface area (TPSA) is 85.6 Å². The molecule has 7 nitrogen and oxygen atoms in total. The van der Waals surface area contributed by atoms with Crippen molar-refractivity contribution >= 4 is 17.5 Å². The minimum Gasteiger partial charge on any atom is -0.464 e. The summed E-state index contributed by atoms with van der Waals surface area (Å²) in [5.74, 6) is 0.196. The van der Waals surface area contributed by atoms with E-state index in [0.29, 0.717) is 5.92 Å². The smallest absolute Gasteiger partial charge is 0.356 e. The zero-order valence-corrected chi connectivity index (χ0v) is 12.4. The zero-order valence-electron chi connectivity index (χ0n) is 12.4. The van der Waals surface area contributed by atoms with Gasteiger partial charge in [-0.3, -0.25) is 10.1 Å². The fourth-order valence-corrected chi connectivity index (χ4v) is 2.13. The van der Waals surface area contributed by atoms with Gasteiger partial charge in [0.25, 0.3) is 0 Å². The van der Waals surface area contributed by atoms with E-state index in [1.54, 1.807) is 0 Å². The molecule has 1 aromatic rings. The molecule has 1 aliphatic rings. The Morgan fingerprint density at radius 3 is 2.67 bits per heavy atom. The Bertz CT molecular complexity index is 555. The number of hydrogen-bond donors (Lipinski definition) is 0. The maximum Gasteiger partial charge on any atom is 0.356 e. The summed E-state index contributed by atoms with van der Waals surface area (Å²) in [6, 6.07) is 2.70. The number of ether oxygens (including phenoxy) is 1. The molecule has 1 aliphatic carbocycles. The maximum atomic E-state index is 11.6. The lowest BCUT2D eigenvalue weighted by Gasteiger charge is -2.27. The molecule has 1 saturated carbocycles. The fraction of sp³-hybridized carbons (Fsp3) is 0.571. The van der Waals surface area contributed by atoms with E-state index in [-0.39, 0.29) is 23.2 Å². The van der Waals surface area contributed by atoms with E-state index in [4.69, 9.17) is 0 Å². The van der Waals surface area contributed by atoms with E-state index in [1.807, 2.05) is 18.7 Å². The summed E-state index contributed by atoms with van der Waals surface area (Å²) in [6.45, 7) is 4.63. The Balaban J connectivity index is 2.44. The zero-order chi connectivity index (χ0) is 15.6. The molecule has 2 rings (SSSR count). The number of carbonyl (C=O) groups is 1. The summed E-state index contributed by atoms with van der Waals surface area (Å²) >= 11 is 0. The van der Waals surface area contributed by atoms with Crippen LogP contribution in [0.1, 0.15) is 37.2 Å². The van der Waals surface area contributed by atoms with Crippen LogP contribution in [0, 0.1) is 16.0 Å². The van der Waals surface area contributed by atoms with Crippen molar-refractivity contribution in [3.05, 3.63) is 27.9 Å². The van der Waals surface area contributed by atoms with Crippen LogP contribution < -0.4 is 4.90 Å². The molecule has 0 aromatic carbocycles. The van der Waals surface area contributed by atoms with E-state index < -0.39 is 10.9 Å². The third kappa shape index (κ3) is 3.48. The van der Waals surface area contributed by atoms with E-state index in [1.165, 1.54) is 19.2 Å². The Labute approximate surface area is 123 Å². The van der Waals surface area contributed by atoms with Gasteiger partial charge in [-0.25, -0.2) is 9.78 Å². The number of methoxy groups -OCH3 is 1. The number of nitrogens with zero attached hydrogens (tertiary/aromatic N) is 3. The first-order valence-electron chi connectivity index (χ1n) is 6.94. The Morgan fingerprint density at radius 1 is 1.52 bits per heavy atom. The second-order valence-corrected chi connectivity index (χ2v) is 5.48. The second kappa shape index (κ2) is 6.07. The van der Waals surface area contributed by atoms with Gasteiger partial charge in [-0.15, -0.1) is 0 Å². The van der Waals surface area contributed by atoms with Crippen LogP contribution in [-0.2, 0) is 4.74 Å². The van der Waals surface area contributed by atoms with Gasteiger partial charge in [0.15, 0.2) is 5.69 Å².